The Labute approximate surface area is 104 Å². The molecule has 0 heterocycles. The van der Waals surface area contributed by atoms with Gasteiger partial charge >= 0.3 is 5.97 Å². The van der Waals surface area contributed by atoms with E-state index in [-0.39, 0.29) is 6.10 Å². The molecule has 2 unspecified atom stereocenters. The van der Waals surface area contributed by atoms with E-state index in [2.05, 4.69) is 13.8 Å². The maximum atomic E-state index is 11.1. The number of ether oxygens (including phenoxy) is 1. The average molecular weight is 243 g/mol. The first-order chi connectivity index (χ1) is 7.94. The van der Waals surface area contributed by atoms with E-state index in [1.807, 2.05) is 0 Å². The van der Waals surface area contributed by atoms with Crippen LogP contribution in [0.1, 0.15) is 52.4 Å². The molecule has 1 aliphatic carbocycles. The Morgan fingerprint density at radius 1 is 1.59 bits per heavy atom. The quantitative estimate of drug-likeness (QED) is 0.701. The number of aliphatic carboxylic acids is 1. The maximum absolute atomic E-state index is 11.1. The van der Waals surface area contributed by atoms with Crippen LogP contribution in [0.3, 0.4) is 0 Å². The fourth-order valence-electron chi connectivity index (χ4n) is 2.33. The summed E-state index contributed by atoms with van der Waals surface area (Å²) in [5, 5.41) is 9.08. The number of hydrogen-bond acceptors (Lipinski definition) is 3. The first-order valence-electron chi connectivity index (χ1n) is 6.58. The van der Waals surface area contributed by atoms with E-state index < -0.39 is 11.5 Å². The van der Waals surface area contributed by atoms with Crippen LogP contribution in [0.2, 0.25) is 0 Å². The molecular formula is C13H25NO3. The zero-order valence-corrected chi connectivity index (χ0v) is 10.9. The van der Waals surface area contributed by atoms with Gasteiger partial charge in [0.25, 0.3) is 0 Å². The Bertz CT molecular complexity index is 255. The molecule has 3 N–H and O–H groups in total. The predicted molar refractivity (Wildman–Crippen MR) is 66.8 cm³/mol. The molecule has 17 heavy (non-hydrogen) atoms. The minimum atomic E-state index is -1.07. The first kappa shape index (κ1) is 14.5. The first-order valence-corrected chi connectivity index (χ1v) is 6.58. The van der Waals surface area contributed by atoms with E-state index >= 15 is 0 Å². The molecule has 1 fully saturated rings. The van der Waals surface area contributed by atoms with Crippen molar-refractivity contribution in [2.45, 2.75) is 64.0 Å². The molecule has 0 aromatic rings. The largest absolute Gasteiger partial charge is 0.480 e. The molecule has 4 heteroatoms. The van der Waals surface area contributed by atoms with Gasteiger partial charge in [0.05, 0.1) is 6.10 Å². The summed E-state index contributed by atoms with van der Waals surface area (Å²) in [4.78, 5) is 11.1. The fourth-order valence-corrected chi connectivity index (χ4v) is 2.33. The van der Waals surface area contributed by atoms with Crippen molar-refractivity contribution in [3.63, 3.8) is 0 Å². The van der Waals surface area contributed by atoms with Crippen molar-refractivity contribution < 1.29 is 14.6 Å². The lowest BCUT2D eigenvalue weighted by molar-refractivity contribution is -0.147. The minimum Gasteiger partial charge on any atom is -0.480 e. The van der Waals surface area contributed by atoms with Crippen LogP contribution in [0, 0.1) is 5.92 Å². The summed E-state index contributed by atoms with van der Waals surface area (Å²) >= 11 is 0. The highest BCUT2D eigenvalue weighted by atomic mass is 16.5. The average Bonchev–Trinajstić information content (AvgIpc) is 2.24. The Kier molecular flexibility index (Phi) is 5.40. The molecule has 0 aromatic heterocycles. The van der Waals surface area contributed by atoms with Gasteiger partial charge in [-0.05, 0) is 38.0 Å². The molecular weight excluding hydrogens is 218 g/mol. The van der Waals surface area contributed by atoms with Gasteiger partial charge < -0.3 is 15.6 Å². The smallest absolute Gasteiger partial charge is 0.323 e. The van der Waals surface area contributed by atoms with E-state index in [1.165, 1.54) is 0 Å². The van der Waals surface area contributed by atoms with Crippen LogP contribution in [0.15, 0.2) is 0 Å². The number of nitrogens with two attached hydrogens (primary N) is 1. The van der Waals surface area contributed by atoms with Crippen molar-refractivity contribution >= 4 is 5.97 Å². The number of rotatable bonds is 6. The fraction of sp³-hybridized carbons (Fsp3) is 0.923. The standard InChI is InChI=1S/C13H25NO3/c1-10(2)5-4-8-17-11-6-3-7-13(14,9-11)12(15)16/h10-11H,3-9,14H2,1-2H3,(H,15,16). The summed E-state index contributed by atoms with van der Waals surface area (Å²) in [6.07, 6.45) is 5.01. The third kappa shape index (κ3) is 4.64. The molecule has 1 saturated carbocycles. The maximum Gasteiger partial charge on any atom is 0.323 e. The summed E-state index contributed by atoms with van der Waals surface area (Å²) < 4.78 is 5.74. The van der Waals surface area contributed by atoms with E-state index in [4.69, 9.17) is 15.6 Å². The van der Waals surface area contributed by atoms with Gasteiger partial charge in [-0.25, -0.2) is 0 Å². The number of carboxylic acid groups (broad SMARTS) is 1. The molecule has 0 bridgehead atoms. The molecule has 0 aromatic carbocycles. The highest BCUT2D eigenvalue weighted by molar-refractivity contribution is 5.78. The SMILES string of the molecule is CC(C)CCCOC1CCCC(N)(C(=O)O)C1. The molecule has 0 spiro atoms. The van der Waals surface area contributed by atoms with Gasteiger partial charge in [0, 0.05) is 13.0 Å². The number of carbonyl (C=O) groups is 1. The molecule has 2 atom stereocenters. The third-order valence-corrected chi connectivity index (χ3v) is 3.45. The Hall–Kier alpha value is -0.610. The second kappa shape index (κ2) is 6.36. The molecule has 4 nitrogen and oxygen atoms in total. The Morgan fingerprint density at radius 2 is 2.29 bits per heavy atom. The third-order valence-electron chi connectivity index (χ3n) is 3.45. The summed E-state index contributed by atoms with van der Waals surface area (Å²) in [5.41, 5.74) is 4.80. The zero-order valence-electron chi connectivity index (χ0n) is 10.9. The van der Waals surface area contributed by atoms with Gasteiger partial charge in [-0.3, -0.25) is 4.79 Å². The topological polar surface area (TPSA) is 72.5 Å². The molecule has 0 amide bonds. The summed E-state index contributed by atoms with van der Waals surface area (Å²) in [5.74, 6) is -0.203. The van der Waals surface area contributed by atoms with Crippen LogP contribution in [0.4, 0.5) is 0 Å². The molecule has 0 radical (unpaired) electrons. The van der Waals surface area contributed by atoms with Crippen molar-refractivity contribution in [3.05, 3.63) is 0 Å². The molecule has 1 rings (SSSR count). The Balaban J connectivity index is 2.28. The summed E-state index contributed by atoms with van der Waals surface area (Å²) in [7, 11) is 0. The lowest BCUT2D eigenvalue weighted by Crippen LogP contribution is -2.52. The predicted octanol–water partition coefficient (Wildman–Crippen LogP) is 2.16. The van der Waals surface area contributed by atoms with Crippen LogP contribution in [-0.2, 0) is 9.53 Å². The monoisotopic (exact) mass is 243 g/mol. The van der Waals surface area contributed by atoms with Crippen molar-refractivity contribution in [1.82, 2.24) is 0 Å². The second-order valence-electron chi connectivity index (χ2n) is 5.59. The van der Waals surface area contributed by atoms with E-state index in [0.29, 0.717) is 18.8 Å². The number of carboxylic acids is 1. The summed E-state index contributed by atoms with van der Waals surface area (Å²) in [6, 6.07) is 0. The van der Waals surface area contributed by atoms with Gasteiger partial charge in [-0.2, -0.15) is 0 Å². The van der Waals surface area contributed by atoms with Crippen molar-refractivity contribution in [1.29, 1.82) is 0 Å². The molecule has 100 valence electrons. The highest BCUT2D eigenvalue weighted by Crippen LogP contribution is 2.28. The van der Waals surface area contributed by atoms with Crippen molar-refractivity contribution in [3.8, 4) is 0 Å². The van der Waals surface area contributed by atoms with Gasteiger partial charge in [-0.1, -0.05) is 13.8 Å². The minimum absolute atomic E-state index is 0.0250. The molecule has 0 saturated heterocycles. The van der Waals surface area contributed by atoms with Crippen LogP contribution in [0.25, 0.3) is 0 Å². The molecule has 0 aliphatic heterocycles. The Morgan fingerprint density at radius 3 is 2.88 bits per heavy atom. The summed E-state index contributed by atoms with van der Waals surface area (Å²) in [6.45, 7) is 5.10. The van der Waals surface area contributed by atoms with E-state index in [1.54, 1.807) is 0 Å². The van der Waals surface area contributed by atoms with Crippen LogP contribution in [-0.4, -0.2) is 29.3 Å². The van der Waals surface area contributed by atoms with Crippen molar-refractivity contribution in [2.75, 3.05) is 6.61 Å². The van der Waals surface area contributed by atoms with Crippen molar-refractivity contribution in [2.24, 2.45) is 11.7 Å². The normalized spacial score (nSPS) is 29.5. The van der Waals surface area contributed by atoms with Crippen LogP contribution >= 0.6 is 0 Å². The number of hydrogen-bond donors (Lipinski definition) is 2. The van der Waals surface area contributed by atoms with Crippen LogP contribution < -0.4 is 5.73 Å². The van der Waals surface area contributed by atoms with Gasteiger partial charge in [0.15, 0.2) is 0 Å². The van der Waals surface area contributed by atoms with Gasteiger partial charge in [0.1, 0.15) is 5.54 Å². The highest BCUT2D eigenvalue weighted by Gasteiger charge is 2.39. The van der Waals surface area contributed by atoms with Gasteiger partial charge in [0.2, 0.25) is 0 Å². The lowest BCUT2D eigenvalue weighted by Gasteiger charge is -2.34. The van der Waals surface area contributed by atoms with Crippen LogP contribution in [0.5, 0.6) is 0 Å². The van der Waals surface area contributed by atoms with E-state index in [0.717, 1.165) is 32.3 Å². The van der Waals surface area contributed by atoms with E-state index in [9.17, 15) is 4.79 Å². The van der Waals surface area contributed by atoms with Gasteiger partial charge in [-0.15, -0.1) is 0 Å². The zero-order chi connectivity index (χ0) is 12.9. The molecule has 1 aliphatic rings. The second-order valence-corrected chi connectivity index (χ2v) is 5.59. The lowest BCUT2D eigenvalue weighted by atomic mass is 9.81.